The highest BCUT2D eigenvalue weighted by molar-refractivity contribution is 7.99. The summed E-state index contributed by atoms with van der Waals surface area (Å²) in [4.78, 5) is 17.7. The molecule has 0 aromatic carbocycles. The molecule has 0 unspecified atom stereocenters. The lowest BCUT2D eigenvalue weighted by Gasteiger charge is -2.23. The summed E-state index contributed by atoms with van der Waals surface area (Å²) in [7, 11) is 0. The van der Waals surface area contributed by atoms with E-state index in [1.165, 1.54) is 43.4 Å². The summed E-state index contributed by atoms with van der Waals surface area (Å²) < 4.78 is 2.20. The van der Waals surface area contributed by atoms with Gasteiger partial charge < -0.3 is 14.6 Å². The molecule has 0 amide bonds. The first-order valence-corrected chi connectivity index (χ1v) is 8.49. The predicted octanol–water partition coefficient (Wildman–Crippen LogP) is 2.45. The average Bonchev–Trinajstić information content (AvgIpc) is 3.02. The molecule has 0 aliphatic carbocycles. The van der Waals surface area contributed by atoms with Crippen molar-refractivity contribution in [2.75, 3.05) is 25.4 Å². The number of thioether (sulfide) groups is 1. The Balaban J connectivity index is 2.12. The predicted molar refractivity (Wildman–Crippen MR) is 85.0 cm³/mol. The Morgan fingerprint density at radius 2 is 2.00 bits per heavy atom. The van der Waals surface area contributed by atoms with Crippen molar-refractivity contribution in [2.24, 2.45) is 0 Å². The van der Waals surface area contributed by atoms with Crippen molar-refractivity contribution >= 4 is 17.7 Å². The first kappa shape index (κ1) is 16.4. The molecule has 1 aromatic rings. The second-order valence-corrected chi connectivity index (χ2v) is 7.50. The van der Waals surface area contributed by atoms with Crippen LogP contribution in [-0.2, 0) is 16.8 Å². The largest absolute Gasteiger partial charge is 0.481 e. The van der Waals surface area contributed by atoms with Crippen molar-refractivity contribution in [3.63, 3.8) is 0 Å². The van der Waals surface area contributed by atoms with E-state index in [2.05, 4.69) is 35.2 Å². The molecule has 1 saturated heterocycles. The average molecular weight is 311 g/mol. The van der Waals surface area contributed by atoms with E-state index in [1.54, 1.807) is 0 Å². The van der Waals surface area contributed by atoms with Gasteiger partial charge in [0.1, 0.15) is 0 Å². The maximum Gasteiger partial charge on any atom is 0.313 e. The lowest BCUT2D eigenvalue weighted by Crippen LogP contribution is -2.27. The Bertz CT molecular complexity index is 488. The molecule has 0 atom stereocenters. The molecule has 1 aliphatic heterocycles. The summed E-state index contributed by atoms with van der Waals surface area (Å²) in [5.74, 6) is -0.740. The van der Waals surface area contributed by atoms with Crippen molar-refractivity contribution in [1.82, 2.24) is 14.5 Å². The zero-order valence-corrected chi connectivity index (χ0v) is 13.9. The molecular formula is C15H25N3O2S. The molecule has 1 fully saturated rings. The smallest absolute Gasteiger partial charge is 0.313 e. The Morgan fingerprint density at radius 3 is 2.57 bits per heavy atom. The van der Waals surface area contributed by atoms with Crippen LogP contribution in [0.3, 0.4) is 0 Å². The van der Waals surface area contributed by atoms with E-state index in [9.17, 15) is 4.79 Å². The van der Waals surface area contributed by atoms with Crippen LogP contribution in [0.25, 0.3) is 0 Å². The van der Waals surface area contributed by atoms with Gasteiger partial charge in [-0.2, -0.15) is 0 Å². The van der Waals surface area contributed by atoms with Gasteiger partial charge in [-0.3, -0.25) is 4.79 Å². The number of nitrogens with zero attached hydrogens (tertiary/aromatic N) is 3. The Kier molecular flexibility index (Phi) is 5.32. The SMILES string of the molecule is CC(C)(C)c1cnc(SCC(=O)O)n1CCN1CCCC1. The van der Waals surface area contributed by atoms with Gasteiger partial charge in [-0.25, -0.2) is 4.98 Å². The third kappa shape index (κ3) is 4.48. The van der Waals surface area contributed by atoms with Crippen molar-refractivity contribution < 1.29 is 9.90 Å². The minimum absolute atomic E-state index is 0.0139. The summed E-state index contributed by atoms with van der Waals surface area (Å²) in [6.45, 7) is 10.8. The highest BCUT2D eigenvalue weighted by Crippen LogP contribution is 2.27. The number of carboxylic acid groups (broad SMARTS) is 1. The summed E-state index contributed by atoms with van der Waals surface area (Å²) in [6.07, 6.45) is 4.47. The summed E-state index contributed by atoms with van der Waals surface area (Å²) >= 11 is 1.31. The monoisotopic (exact) mass is 311 g/mol. The van der Waals surface area contributed by atoms with Crippen LogP contribution in [0, 0.1) is 0 Å². The van der Waals surface area contributed by atoms with Gasteiger partial charge in [0.15, 0.2) is 5.16 Å². The summed E-state index contributed by atoms with van der Waals surface area (Å²) in [5.41, 5.74) is 1.19. The van der Waals surface area contributed by atoms with Gasteiger partial charge in [-0.1, -0.05) is 32.5 Å². The number of hydrogen-bond donors (Lipinski definition) is 1. The van der Waals surface area contributed by atoms with E-state index in [4.69, 9.17) is 5.11 Å². The van der Waals surface area contributed by atoms with Crippen LogP contribution in [0.5, 0.6) is 0 Å². The van der Waals surface area contributed by atoms with Gasteiger partial charge in [0, 0.05) is 30.4 Å². The minimum atomic E-state index is -0.800. The van der Waals surface area contributed by atoms with E-state index in [-0.39, 0.29) is 11.2 Å². The van der Waals surface area contributed by atoms with Gasteiger partial charge >= 0.3 is 5.97 Å². The third-order valence-corrected chi connectivity index (χ3v) is 4.73. The van der Waals surface area contributed by atoms with Crippen LogP contribution in [-0.4, -0.2) is 50.9 Å². The molecule has 0 saturated carbocycles. The van der Waals surface area contributed by atoms with Crippen molar-refractivity contribution in [3.05, 3.63) is 11.9 Å². The van der Waals surface area contributed by atoms with Crippen molar-refractivity contribution in [2.45, 2.75) is 50.7 Å². The first-order valence-electron chi connectivity index (χ1n) is 7.51. The van der Waals surface area contributed by atoms with Gasteiger partial charge in [-0.05, 0) is 25.9 Å². The number of aliphatic carboxylic acids is 1. The quantitative estimate of drug-likeness (QED) is 0.818. The summed E-state index contributed by atoms with van der Waals surface area (Å²) in [6, 6.07) is 0. The Morgan fingerprint density at radius 1 is 1.33 bits per heavy atom. The van der Waals surface area contributed by atoms with Crippen molar-refractivity contribution in [1.29, 1.82) is 0 Å². The molecule has 1 N–H and O–H groups in total. The van der Waals surface area contributed by atoms with E-state index in [1.807, 2.05) is 6.20 Å². The second-order valence-electron chi connectivity index (χ2n) is 6.56. The Hall–Kier alpha value is -1.01. The molecule has 0 bridgehead atoms. The normalized spacial score (nSPS) is 16.5. The van der Waals surface area contributed by atoms with Crippen molar-refractivity contribution in [3.8, 4) is 0 Å². The molecule has 1 aromatic heterocycles. The lowest BCUT2D eigenvalue weighted by atomic mass is 9.92. The molecule has 0 radical (unpaired) electrons. The molecule has 2 rings (SSSR count). The maximum atomic E-state index is 10.8. The Labute approximate surface area is 130 Å². The molecule has 0 spiro atoms. The molecule has 5 nitrogen and oxygen atoms in total. The molecule has 2 heterocycles. The molecule has 118 valence electrons. The summed E-state index contributed by atoms with van der Waals surface area (Å²) in [5, 5.41) is 9.69. The topological polar surface area (TPSA) is 58.4 Å². The maximum absolute atomic E-state index is 10.8. The van der Waals surface area contributed by atoms with Crippen LogP contribution >= 0.6 is 11.8 Å². The number of hydrogen-bond acceptors (Lipinski definition) is 4. The molecular weight excluding hydrogens is 286 g/mol. The first-order chi connectivity index (χ1) is 9.88. The fraction of sp³-hybridized carbons (Fsp3) is 0.733. The number of imidazole rings is 1. The van der Waals surface area contributed by atoms with Crippen LogP contribution in [0.15, 0.2) is 11.4 Å². The van der Waals surface area contributed by atoms with E-state index in [0.717, 1.165) is 18.2 Å². The minimum Gasteiger partial charge on any atom is -0.481 e. The van der Waals surface area contributed by atoms with Crippen LogP contribution in [0.2, 0.25) is 0 Å². The van der Waals surface area contributed by atoms with E-state index >= 15 is 0 Å². The van der Waals surface area contributed by atoms with Crippen LogP contribution in [0.4, 0.5) is 0 Å². The number of carboxylic acids is 1. The standard InChI is InChI=1S/C15H25N3O2S/c1-15(2,3)12-10-16-14(21-11-13(19)20)18(12)9-8-17-6-4-5-7-17/h10H,4-9,11H2,1-3H3,(H,19,20). The number of aromatic nitrogens is 2. The molecule has 1 aliphatic rings. The second kappa shape index (κ2) is 6.83. The zero-order chi connectivity index (χ0) is 15.5. The van der Waals surface area contributed by atoms with Gasteiger partial charge in [-0.15, -0.1) is 0 Å². The lowest BCUT2D eigenvalue weighted by molar-refractivity contribution is -0.133. The van der Waals surface area contributed by atoms with Gasteiger partial charge in [0.25, 0.3) is 0 Å². The number of rotatable bonds is 6. The molecule has 21 heavy (non-hydrogen) atoms. The fourth-order valence-electron chi connectivity index (χ4n) is 2.66. The highest BCUT2D eigenvalue weighted by atomic mass is 32.2. The van der Waals surface area contributed by atoms with E-state index < -0.39 is 5.97 Å². The van der Waals surface area contributed by atoms with E-state index in [0.29, 0.717) is 0 Å². The number of carbonyl (C=O) groups is 1. The molecule has 6 heteroatoms. The van der Waals surface area contributed by atoms with Crippen LogP contribution in [0.1, 0.15) is 39.3 Å². The fourth-order valence-corrected chi connectivity index (χ4v) is 3.39. The third-order valence-electron chi connectivity index (χ3n) is 3.75. The zero-order valence-electron chi connectivity index (χ0n) is 13.1. The van der Waals surface area contributed by atoms with Gasteiger partial charge in [0.05, 0.1) is 5.75 Å². The highest BCUT2D eigenvalue weighted by Gasteiger charge is 2.23. The van der Waals surface area contributed by atoms with Gasteiger partial charge in [0.2, 0.25) is 0 Å². The number of likely N-dealkylation sites (tertiary alicyclic amines) is 1. The van der Waals surface area contributed by atoms with Crippen LogP contribution < -0.4 is 0 Å².